The summed E-state index contributed by atoms with van der Waals surface area (Å²) in [7, 11) is 0. The van der Waals surface area contributed by atoms with Gasteiger partial charge < -0.3 is 14.4 Å². The van der Waals surface area contributed by atoms with Crippen molar-refractivity contribution < 1.29 is 23.9 Å². The van der Waals surface area contributed by atoms with E-state index in [9.17, 15) is 14.4 Å². The number of carbonyl (C=O) groups excluding carboxylic acids is 3. The summed E-state index contributed by atoms with van der Waals surface area (Å²) in [6.07, 6.45) is 1.00. The molecule has 0 aliphatic carbocycles. The number of anilines is 1. The van der Waals surface area contributed by atoms with Crippen molar-refractivity contribution in [3.8, 4) is 0 Å². The number of hydrogen-bond acceptors (Lipinski definition) is 5. The van der Waals surface area contributed by atoms with Crippen LogP contribution in [0.25, 0.3) is 0 Å². The van der Waals surface area contributed by atoms with Crippen LogP contribution in [0.3, 0.4) is 0 Å². The normalized spacial score (nSPS) is 21.5. The Morgan fingerprint density at radius 3 is 2.57 bits per heavy atom. The van der Waals surface area contributed by atoms with E-state index in [1.165, 1.54) is 0 Å². The van der Waals surface area contributed by atoms with E-state index in [1.54, 1.807) is 29.2 Å². The predicted molar refractivity (Wildman–Crippen MR) is 72.8 cm³/mol. The van der Waals surface area contributed by atoms with Gasteiger partial charge in [-0.3, -0.25) is 4.79 Å². The van der Waals surface area contributed by atoms with Crippen molar-refractivity contribution >= 4 is 23.5 Å². The standard InChI is InChI=1S/C15H15NO5/c17-13-2-1-8-16(13)11-5-3-10(4-6-11)14(18)21-12-7-9-20-15(12)19/h3-6,12H,1-2,7-9H2/t12-/m0/s1. The summed E-state index contributed by atoms with van der Waals surface area (Å²) in [6.45, 7) is 0.989. The summed E-state index contributed by atoms with van der Waals surface area (Å²) in [5, 5.41) is 0. The molecule has 6 nitrogen and oxygen atoms in total. The average molecular weight is 289 g/mol. The van der Waals surface area contributed by atoms with Crippen LogP contribution in [0.2, 0.25) is 0 Å². The highest BCUT2D eigenvalue weighted by Crippen LogP contribution is 2.22. The lowest BCUT2D eigenvalue weighted by atomic mass is 10.2. The molecular weight excluding hydrogens is 274 g/mol. The van der Waals surface area contributed by atoms with Crippen molar-refractivity contribution in [2.24, 2.45) is 0 Å². The molecule has 2 fully saturated rings. The van der Waals surface area contributed by atoms with Crippen LogP contribution in [-0.4, -0.2) is 37.1 Å². The van der Waals surface area contributed by atoms with Crippen molar-refractivity contribution in [1.29, 1.82) is 0 Å². The Bertz CT molecular complexity index is 580. The summed E-state index contributed by atoms with van der Waals surface area (Å²) in [5.41, 5.74) is 1.12. The van der Waals surface area contributed by atoms with E-state index < -0.39 is 18.0 Å². The van der Waals surface area contributed by atoms with Gasteiger partial charge in [0, 0.05) is 25.1 Å². The molecule has 2 aliphatic rings. The van der Waals surface area contributed by atoms with E-state index in [0.717, 1.165) is 12.1 Å². The first kappa shape index (κ1) is 13.6. The van der Waals surface area contributed by atoms with Crippen LogP contribution in [0.15, 0.2) is 24.3 Å². The molecule has 3 rings (SSSR count). The minimum absolute atomic E-state index is 0.0963. The fraction of sp³-hybridized carbons (Fsp3) is 0.400. The summed E-state index contributed by atoms with van der Waals surface area (Å²) in [6, 6.07) is 6.63. The van der Waals surface area contributed by atoms with Crippen LogP contribution in [-0.2, 0) is 19.1 Å². The maximum atomic E-state index is 11.9. The Labute approximate surface area is 121 Å². The number of benzene rings is 1. The molecule has 1 atom stereocenters. The lowest BCUT2D eigenvalue weighted by Crippen LogP contribution is -2.24. The molecule has 21 heavy (non-hydrogen) atoms. The molecule has 2 heterocycles. The third-order valence-electron chi connectivity index (χ3n) is 3.62. The number of hydrogen-bond donors (Lipinski definition) is 0. The number of carbonyl (C=O) groups is 3. The van der Waals surface area contributed by atoms with Crippen LogP contribution in [0, 0.1) is 0 Å². The van der Waals surface area contributed by atoms with Crippen LogP contribution in [0.5, 0.6) is 0 Å². The first-order valence-electron chi connectivity index (χ1n) is 6.93. The maximum Gasteiger partial charge on any atom is 0.347 e. The lowest BCUT2D eigenvalue weighted by Gasteiger charge is -2.16. The van der Waals surface area contributed by atoms with E-state index in [1.807, 2.05) is 0 Å². The average Bonchev–Trinajstić information content (AvgIpc) is 3.08. The number of nitrogens with zero attached hydrogens (tertiary/aromatic N) is 1. The second kappa shape index (κ2) is 5.55. The van der Waals surface area contributed by atoms with E-state index in [-0.39, 0.29) is 12.5 Å². The van der Waals surface area contributed by atoms with Crippen molar-refractivity contribution in [2.45, 2.75) is 25.4 Å². The number of esters is 2. The summed E-state index contributed by atoms with van der Waals surface area (Å²) in [5.74, 6) is -0.959. The Kier molecular flexibility index (Phi) is 3.60. The zero-order chi connectivity index (χ0) is 14.8. The molecule has 0 aromatic heterocycles. The maximum absolute atomic E-state index is 11.9. The number of amides is 1. The van der Waals surface area contributed by atoms with Crippen LogP contribution >= 0.6 is 0 Å². The van der Waals surface area contributed by atoms with Gasteiger partial charge in [-0.05, 0) is 30.7 Å². The Morgan fingerprint density at radius 1 is 1.24 bits per heavy atom. The fourth-order valence-corrected chi connectivity index (χ4v) is 2.48. The van der Waals surface area contributed by atoms with E-state index in [4.69, 9.17) is 9.47 Å². The van der Waals surface area contributed by atoms with Gasteiger partial charge in [0.05, 0.1) is 12.2 Å². The Morgan fingerprint density at radius 2 is 2.00 bits per heavy atom. The second-order valence-corrected chi connectivity index (χ2v) is 5.05. The van der Waals surface area contributed by atoms with Gasteiger partial charge in [-0.2, -0.15) is 0 Å². The molecule has 1 aromatic rings. The Hall–Kier alpha value is -2.37. The predicted octanol–water partition coefficient (Wildman–Crippen LogP) is 1.29. The van der Waals surface area contributed by atoms with Gasteiger partial charge in [0.2, 0.25) is 12.0 Å². The summed E-state index contributed by atoms with van der Waals surface area (Å²) >= 11 is 0. The van der Waals surface area contributed by atoms with Crippen LogP contribution < -0.4 is 4.90 Å². The first-order valence-corrected chi connectivity index (χ1v) is 6.93. The van der Waals surface area contributed by atoms with Crippen molar-refractivity contribution in [1.82, 2.24) is 0 Å². The molecular formula is C15H15NO5. The minimum Gasteiger partial charge on any atom is -0.463 e. The smallest absolute Gasteiger partial charge is 0.347 e. The van der Waals surface area contributed by atoms with Gasteiger partial charge in [-0.15, -0.1) is 0 Å². The van der Waals surface area contributed by atoms with E-state index in [2.05, 4.69) is 0 Å². The van der Waals surface area contributed by atoms with Gasteiger partial charge >= 0.3 is 11.9 Å². The monoisotopic (exact) mass is 289 g/mol. The van der Waals surface area contributed by atoms with Gasteiger partial charge in [0.1, 0.15) is 0 Å². The number of rotatable bonds is 3. The molecule has 0 N–H and O–H groups in total. The molecule has 2 saturated heterocycles. The topological polar surface area (TPSA) is 72.9 Å². The molecule has 6 heteroatoms. The largest absolute Gasteiger partial charge is 0.463 e. The van der Waals surface area contributed by atoms with Crippen molar-refractivity contribution in [2.75, 3.05) is 18.1 Å². The number of ether oxygens (including phenoxy) is 2. The van der Waals surface area contributed by atoms with Gasteiger partial charge in [0.15, 0.2) is 0 Å². The summed E-state index contributed by atoms with van der Waals surface area (Å²) < 4.78 is 9.84. The zero-order valence-corrected chi connectivity index (χ0v) is 11.4. The quantitative estimate of drug-likeness (QED) is 0.784. The number of cyclic esters (lactones) is 1. The SMILES string of the molecule is O=C(O[C@H]1CCOC1=O)c1ccc(N2CCCC2=O)cc1. The molecule has 0 spiro atoms. The second-order valence-electron chi connectivity index (χ2n) is 5.05. The lowest BCUT2D eigenvalue weighted by molar-refractivity contribution is -0.145. The van der Waals surface area contributed by atoms with Crippen molar-refractivity contribution in [3.05, 3.63) is 29.8 Å². The van der Waals surface area contributed by atoms with E-state index in [0.29, 0.717) is 24.9 Å². The first-order chi connectivity index (χ1) is 10.1. The molecule has 0 saturated carbocycles. The van der Waals surface area contributed by atoms with Crippen molar-refractivity contribution in [3.63, 3.8) is 0 Å². The zero-order valence-electron chi connectivity index (χ0n) is 11.4. The minimum atomic E-state index is -0.808. The highest BCUT2D eigenvalue weighted by atomic mass is 16.6. The van der Waals surface area contributed by atoms with Crippen LogP contribution in [0.1, 0.15) is 29.6 Å². The van der Waals surface area contributed by atoms with Gasteiger partial charge in [-0.1, -0.05) is 0 Å². The van der Waals surface area contributed by atoms with Gasteiger partial charge in [-0.25, -0.2) is 9.59 Å². The molecule has 2 aliphatic heterocycles. The Balaban J connectivity index is 1.67. The fourth-order valence-electron chi connectivity index (χ4n) is 2.48. The third-order valence-corrected chi connectivity index (χ3v) is 3.62. The van der Waals surface area contributed by atoms with E-state index >= 15 is 0 Å². The summed E-state index contributed by atoms with van der Waals surface area (Å²) in [4.78, 5) is 36.5. The third kappa shape index (κ3) is 2.74. The van der Waals surface area contributed by atoms with Crippen LogP contribution in [0.4, 0.5) is 5.69 Å². The molecule has 0 bridgehead atoms. The highest BCUT2D eigenvalue weighted by molar-refractivity contribution is 5.96. The molecule has 1 aromatic carbocycles. The van der Waals surface area contributed by atoms with Gasteiger partial charge in [0.25, 0.3) is 0 Å². The molecule has 0 unspecified atom stereocenters. The molecule has 110 valence electrons. The molecule has 1 amide bonds. The highest BCUT2D eigenvalue weighted by Gasteiger charge is 2.30. The molecule has 0 radical (unpaired) electrons.